The van der Waals surface area contributed by atoms with Gasteiger partial charge in [-0.3, -0.25) is 4.79 Å². The third-order valence-corrected chi connectivity index (χ3v) is 5.14. The molecular formula is C19H18N2O5S. The average Bonchev–Trinajstić information content (AvgIpc) is 3.12. The summed E-state index contributed by atoms with van der Waals surface area (Å²) in [4.78, 5) is 11.7. The standard InChI is InChI=1S/C19H18N2O5S/c20-27(24,25)15-9-6-13(7-10-15)8-11-16(19(22)23)18-12-17(21-26-18)14-4-2-1-3-5-14/h1-7,9-10,12,16H,8,11H2,(H,22,23)(H2,20,24,25). The first-order valence-corrected chi connectivity index (χ1v) is 9.76. The topological polar surface area (TPSA) is 123 Å². The summed E-state index contributed by atoms with van der Waals surface area (Å²) in [7, 11) is -3.75. The number of primary sulfonamides is 1. The van der Waals surface area contributed by atoms with E-state index in [0.29, 0.717) is 12.1 Å². The highest BCUT2D eigenvalue weighted by Crippen LogP contribution is 2.27. The number of aliphatic carboxylic acids is 1. The Labute approximate surface area is 156 Å². The van der Waals surface area contributed by atoms with E-state index in [1.165, 1.54) is 12.1 Å². The molecule has 1 heterocycles. The van der Waals surface area contributed by atoms with Crippen molar-refractivity contribution in [1.29, 1.82) is 0 Å². The second-order valence-electron chi connectivity index (χ2n) is 6.10. The van der Waals surface area contributed by atoms with Gasteiger partial charge in [0.05, 0.1) is 4.90 Å². The van der Waals surface area contributed by atoms with E-state index < -0.39 is 21.9 Å². The molecule has 0 radical (unpaired) electrons. The Hall–Kier alpha value is -2.97. The van der Waals surface area contributed by atoms with Gasteiger partial charge in [0.15, 0.2) is 5.76 Å². The van der Waals surface area contributed by atoms with E-state index >= 15 is 0 Å². The van der Waals surface area contributed by atoms with Crippen LogP contribution in [-0.4, -0.2) is 24.7 Å². The summed E-state index contributed by atoms with van der Waals surface area (Å²) in [6, 6.07) is 17.0. The lowest BCUT2D eigenvalue weighted by atomic mass is 9.96. The Kier molecular flexibility index (Phi) is 5.38. The van der Waals surface area contributed by atoms with Crippen molar-refractivity contribution in [3.63, 3.8) is 0 Å². The van der Waals surface area contributed by atoms with E-state index in [0.717, 1.165) is 11.1 Å². The van der Waals surface area contributed by atoms with E-state index in [1.807, 2.05) is 30.3 Å². The molecule has 8 heteroatoms. The predicted molar refractivity (Wildman–Crippen MR) is 98.5 cm³/mol. The third kappa shape index (κ3) is 4.60. The summed E-state index contributed by atoms with van der Waals surface area (Å²) in [5, 5.41) is 18.6. The molecule has 1 unspecified atom stereocenters. The molecule has 2 aromatic carbocycles. The lowest BCUT2D eigenvalue weighted by molar-refractivity contribution is -0.139. The van der Waals surface area contributed by atoms with Crippen LogP contribution in [0.2, 0.25) is 0 Å². The van der Waals surface area contributed by atoms with Gasteiger partial charge < -0.3 is 9.63 Å². The molecular weight excluding hydrogens is 368 g/mol. The van der Waals surface area contributed by atoms with Crippen molar-refractivity contribution < 1.29 is 22.8 Å². The molecule has 1 atom stereocenters. The summed E-state index contributed by atoms with van der Waals surface area (Å²) in [5.41, 5.74) is 2.22. The zero-order chi connectivity index (χ0) is 19.4. The molecule has 140 valence electrons. The highest BCUT2D eigenvalue weighted by molar-refractivity contribution is 7.89. The quantitative estimate of drug-likeness (QED) is 0.643. The number of nitrogens with two attached hydrogens (primary N) is 1. The molecule has 3 aromatic rings. The Balaban J connectivity index is 1.73. The smallest absolute Gasteiger partial charge is 0.314 e. The molecule has 0 aliphatic carbocycles. The number of nitrogens with zero attached hydrogens (tertiary/aromatic N) is 1. The molecule has 0 amide bonds. The van der Waals surface area contributed by atoms with Crippen molar-refractivity contribution in [2.24, 2.45) is 5.14 Å². The number of carboxylic acid groups (broad SMARTS) is 1. The largest absolute Gasteiger partial charge is 0.481 e. The van der Waals surface area contributed by atoms with Gasteiger partial charge in [0.1, 0.15) is 11.6 Å². The minimum absolute atomic E-state index is 0.0174. The molecule has 0 saturated carbocycles. The molecule has 3 rings (SSSR count). The highest BCUT2D eigenvalue weighted by atomic mass is 32.2. The number of benzene rings is 2. The Bertz CT molecular complexity index is 1030. The van der Waals surface area contributed by atoms with Crippen LogP contribution in [0.25, 0.3) is 11.3 Å². The van der Waals surface area contributed by atoms with Crippen molar-refractivity contribution in [3.8, 4) is 11.3 Å². The third-order valence-electron chi connectivity index (χ3n) is 4.21. The molecule has 3 N–H and O–H groups in total. The summed E-state index contributed by atoms with van der Waals surface area (Å²) in [6.45, 7) is 0. The summed E-state index contributed by atoms with van der Waals surface area (Å²) in [6.07, 6.45) is 0.719. The minimum atomic E-state index is -3.75. The maximum atomic E-state index is 11.7. The molecule has 0 bridgehead atoms. The molecule has 1 aromatic heterocycles. The zero-order valence-corrected chi connectivity index (χ0v) is 15.1. The van der Waals surface area contributed by atoms with E-state index in [4.69, 9.17) is 9.66 Å². The normalized spacial score (nSPS) is 12.6. The van der Waals surface area contributed by atoms with Gasteiger partial charge in [-0.2, -0.15) is 0 Å². The number of aryl methyl sites for hydroxylation is 1. The van der Waals surface area contributed by atoms with Crippen molar-refractivity contribution >= 4 is 16.0 Å². The fourth-order valence-electron chi connectivity index (χ4n) is 2.74. The van der Waals surface area contributed by atoms with E-state index in [2.05, 4.69) is 5.16 Å². The van der Waals surface area contributed by atoms with Crippen LogP contribution in [0.5, 0.6) is 0 Å². The maximum Gasteiger partial charge on any atom is 0.314 e. The van der Waals surface area contributed by atoms with Crippen LogP contribution in [0.1, 0.15) is 23.7 Å². The molecule has 0 saturated heterocycles. The Morgan fingerprint density at radius 1 is 1.11 bits per heavy atom. The number of sulfonamides is 1. The van der Waals surface area contributed by atoms with E-state index in [-0.39, 0.29) is 17.1 Å². The summed E-state index contributed by atoms with van der Waals surface area (Å²) in [5.74, 6) is -1.58. The van der Waals surface area contributed by atoms with Gasteiger partial charge in [0.2, 0.25) is 10.0 Å². The lowest BCUT2D eigenvalue weighted by Crippen LogP contribution is -2.13. The molecule has 0 fully saturated rings. The fraction of sp³-hybridized carbons (Fsp3) is 0.158. The molecule has 7 nitrogen and oxygen atoms in total. The van der Waals surface area contributed by atoms with Crippen molar-refractivity contribution in [3.05, 3.63) is 72.0 Å². The van der Waals surface area contributed by atoms with Crippen LogP contribution in [0.3, 0.4) is 0 Å². The highest BCUT2D eigenvalue weighted by Gasteiger charge is 2.25. The van der Waals surface area contributed by atoms with E-state index in [9.17, 15) is 18.3 Å². The molecule has 0 spiro atoms. The summed E-state index contributed by atoms with van der Waals surface area (Å²) < 4.78 is 27.8. The zero-order valence-electron chi connectivity index (χ0n) is 14.3. The second kappa shape index (κ2) is 7.73. The average molecular weight is 386 g/mol. The van der Waals surface area contributed by atoms with Crippen LogP contribution < -0.4 is 5.14 Å². The first-order chi connectivity index (χ1) is 12.8. The van der Waals surface area contributed by atoms with Crippen LogP contribution in [0, 0.1) is 0 Å². The molecule has 0 aliphatic heterocycles. The van der Waals surface area contributed by atoms with Crippen molar-refractivity contribution in [2.45, 2.75) is 23.7 Å². The number of rotatable bonds is 7. The molecule has 0 aliphatic rings. The number of hydrogen-bond donors (Lipinski definition) is 2. The predicted octanol–water partition coefficient (Wildman–Crippen LogP) is 2.79. The number of carbonyl (C=O) groups is 1. The SMILES string of the molecule is NS(=O)(=O)c1ccc(CCC(C(=O)O)c2cc(-c3ccccc3)no2)cc1. The van der Waals surface area contributed by atoms with Gasteiger partial charge in [-0.05, 0) is 30.5 Å². The Morgan fingerprint density at radius 3 is 2.37 bits per heavy atom. The van der Waals surface area contributed by atoms with Gasteiger partial charge in [-0.25, -0.2) is 13.6 Å². The van der Waals surface area contributed by atoms with Crippen LogP contribution in [0.4, 0.5) is 0 Å². The first-order valence-electron chi connectivity index (χ1n) is 8.21. The lowest BCUT2D eigenvalue weighted by Gasteiger charge is -2.09. The first kappa shape index (κ1) is 18.8. The molecule has 27 heavy (non-hydrogen) atoms. The van der Waals surface area contributed by atoms with Gasteiger partial charge in [-0.15, -0.1) is 0 Å². The monoisotopic (exact) mass is 386 g/mol. The van der Waals surface area contributed by atoms with Crippen LogP contribution in [-0.2, 0) is 21.2 Å². The van der Waals surface area contributed by atoms with Crippen LogP contribution >= 0.6 is 0 Å². The maximum absolute atomic E-state index is 11.7. The number of hydrogen-bond acceptors (Lipinski definition) is 5. The number of aromatic nitrogens is 1. The second-order valence-corrected chi connectivity index (χ2v) is 7.66. The van der Waals surface area contributed by atoms with Crippen molar-refractivity contribution in [1.82, 2.24) is 5.16 Å². The van der Waals surface area contributed by atoms with Gasteiger partial charge >= 0.3 is 5.97 Å². The summed E-state index contributed by atoms with van der Waals surface area (Å²) >= 11 is 0. The van der Waals surface area contributed by atoms with Gasteiger partial charge in [-0.1, -0.05) is 47.6 Å². The van der Waals surface area contributed by atoms with Gasteiger partial charge in [0.25, 0.3) is 0 Å². The Morgan fingerprint density at radius 2 is 1.78 bits per heavy atom. The number of carboxylic acids is 1. The van der Waals surface area contributed by atoms with E-state index in [1.54, 1.807) is 18.2 Å². The van der Waals surface area contributed by atoms with Crippen molar-refractivity contribution in [2.75, 3.05) is 0 Å². The van der Waals surface area contributed by atoms with Crippen LogP contribution in [0.15, 0.2) is 70.1 Å². The minimum Gasteiger partial charge on any atom is -0.481 e. The van der Waals surface area contributed by atoms with Gasteiger partial charge in [0, 0.05) is 11.6 Å². The fourth-order valence-corrected chi connectivity index (χ4v) is 3.26.